The van der Waals surface area contributed by atoms with E-state index in [1.165, 1.54) is 0 Å². The number of carbonyl (C=O) groups excluding carboxylic acids is 1. The van der Waals surface area contributed by atoms with E-state index in [1.54, 1.807) is 0 Å². The largest absolute Gasteiger partial charge is 0.314 e. The van der Waals surface area contributed by atoms with Crippen LogP contribution in [0.25, 0.3) is 0 Å². The molecule has 0 saturated heterocycles. The van der Waals surface area contributed by atoms with Crippen molar-refractivity contribution in [2.45, 2.75) is 32.7 Å². The lowest BCUT2D eigenvalue weighted by molar-refractivity contribution is -0.118. The average molecular weight is 284 g/mol. The molecule has 3 heteroatoms. The van der Waals surface area contributed by atoms with E-state index in [-0.39, 0.29) is 11.8 Å². The van der Waals surface area contributed by atoms with Gasteiger partial charge in [-0.25, -0.2) is 0 Å². The fourth-order valence-corrected chi connectivity index (χ4v) is 2.11. The van der Waals surface area contributed by atoms with Crippen LogP contribution in [0.2, 0.25) is 0 Å². The molecule has 1 aromatic carbocycles. The van der Waals surface area contributed by atoms with E-state index in [2.05, 4.69) is 28.2 Å². The summed E-state index contributed by atoms with van der Waals surface area (Å²) in [4.78, 5) is 11.8. The van der Waals surface area contributed by atoms with Gasteiger partial charge in [0, 0.05) is 23.4 Å². The standard InChI is InChI=1S/C13H18BrNO/c1-3-15-10(2)8-12(16)9-11-6-4-5-7-13(11)14/h4-7,10,15H,3,8-9H2,1-2H3. The fraction of sp³-hybridized carbons (Fsp3) is 0.462. The number of hydrogen-bond donors (Lipinski definition) is 1. The molecule has 0 aromatic heterocycles. The molecule has 0 aliphatic rings. The number of rotatable bonds is 6. The lowest BCUT2D eigenvalue weighted by atomic mass is 10.0. The van der Waals surface area contributed by atoms with Crippen molar-refractivity contribution < 1.29 is 4.79 Å². The maximum atomic E-state index is 11.8. The lowest BCUT2D eigenvalue weighted by Crippen LogP contribution is -2.28. The van der Waals surface area contributed by atoms with Crippen molar-refractivity contribution >= 4 is 21.7 Å². The Morgan fingerprint density at radius 1 is 1.44 bits per heavy atom. The molecule has 0 aliphatic carbocycles. The van der Waals surface area contributed by atoms with Crippen molar-refractivity contribution in [3.05, 3.63) is 34.3 Å². The molecule has 88 valence electrons. The Labute approximate surface area is 106 Å². The van der Waals surface area contributed by atoms with E-state index in [9.17, 15) is 4.79 Å². The summed E-state index contributed by atoms with van der Waals surface area (Å²) in [5, 5.41) is 3.24. The third-order valence-corrected chi connectivity index (χ3v) is 3.21. The quantitative estimate of drug-likeness (QED) is 0.870. The van der Waals surface area contributed by atoms with Gasteiger partial charge in [-0.3, -0.25) is 4.79 Å². The Morgan fingerprint density at radius 3 is 2.75 bits per heavy atom. The van der Waals surface area contributed by atoms with Gasteiger partial charge >= 0.3 is 0 Å². The molecule has 1 unspecified atom stereocenters. The summed E-state index contributed by atoms with van der Waals surface area (Å²) in [6, 6.07) is 8.14. The number of Topliss-reactive ketones (excluding diaryl/α,β-unsaturated/α-hetero) is 1. The number of hydrogen-bond acceptors (Lipinski definition) is 2. The van der Waals surface area contributed by atoms with Crippen LogP contribution in [0.5, 0.6) is 0 Å². The van der Waals surface area contributed by atoms with E-state index >= 15 is 0 Å². The van der Waals surface area contributed by atoms with Crippen LogP contribution >= 0.6 is 15.9 Å². The molecule has 1 N–H and O–H groups in total. The lowest BCUT2D eigenvalue weighted by Gasteiger charge is -2.11. The van der Waals surface area contributed by atoms with Crippen molar-refractivity contribution in [2.24, 2.45) is 0 Å². The summed E-state index contributed by atoms with van der Waals surface area (Å²) >= 11 is 3.45. The monoisotopic (exact) mass is 283 g/mol. The summed E-state index contributed by atoms with van der Waals surface area (Å²) in [5.74, 6) is 0.278. The van der Waals surface area contributed by atoms with Gasteiger partial charge in [0.2, 0.25) is 0 Å². The molecule has 16 heavy (non-hydrogen) atoms. The number of halogens is 1. The van der Waals surface area contributed by atoms with Gasteiger partial charge in [0.1, 0.15) is 5.78 Å². The summed E-state index contributed by atoms with van der Waals surface area (Å²) in [7, 11) is 0. The Morgan fingerprint density at radius 2 is 2.12 bits per heavy atom. The van der Waals surface area contributed by atoms with Gasteiger partial charge in [-0.2, -0.15) is 0 Å². The number of benzene rings is 1. The maximum absolute atomic E-state index is 11.8. The van der Waals surface area contributed by atoms with Gasteiger partial charge in [-0.15, -0.1) is 0 Å². The molecule has 0 amide bonds. The highest BCUT2D eigenvalue weighted by molar-refractivity contribution is 9.10. The van der Waals surface area contributed by atoms with Gasteiger partial charge in [0.15, 0.2) is 0 Å². The predicted molar refractivity (Wildman–Crippen MR) is 70.6 cm³/mol. The Kier molecular flexibility index (Phi) is 5.71. The van der Waals surface area contributed by atoms with E-state index < -0.39 is 0 Å². The topological polar surface area (TPSA) is 29.1 Å². The highest BCUT2D eigenvalue weighted by Crippen LogP contribution is 2.17. The van der Waals surface area contributed by atoms with E-state index in [4.69, 9.17) is 0 Å². The highest BCUT2D eigenvalue weighted by atomic mass is 79.9. The van der Waals surface area contributed by atoms with Crippen LogP contribution in [0.3, 0.4) is 0 Å². The van der Waals surface area contributed by atoms with Gasteiger partial charge in [-0.05, 0) is 25.1 Å². The Bertz CT molecular complexity index is 352. The third-order valence-electron chi connectivity index (χ3n) is 2.43. The number of carbonyl (C=O) groups is 1. The molecule has 0 radical (unpaired) electrons. The molecule has 0 spiro atoms. The number of ketones is 1. The van der Waals surface area contributed by atoms with Gasteiger partial charge in [-0.1, -0.05) is 41.1 Å². The summed E-state index contributed by atoms with van der Waals surface area (Å²) < 4.78 is 1.01. The SMILES string of the molecule is CCNC(C)CC(=O)Cc1ccccc1Br. The van der Waals surface area contributed by atoms with Gasteiger partial charge in [0.25, 0.3) is 0 Å². The molecular weight excluding hydrogens is 266 g/mol. The first-order chi connectivity index (χ1) is 7.63. The normalized spacial score (nSPS) is 12.4. The first-order valence-electron chi connectivity index (χ1n) is 5.62. The molecule has 2 nitrogen and oxygen atoms in total. The second-order valence-corrected chi connectivity index (χ2v) is 4.82. The second kappa shape index (κ2) is 6.81. The molecule has 1 atom stereocenters. The maximum Gasteiger partial charge on any atom is 0.138 e. The Balaban J connectivity index is 2.49. The minimum Gasteiger partial charge on any atom is -0.314 e. The van der Waals surface area contributed by atoms with Crippen molar-refractivity contribution in [2.75, 3.05) is 6.54 Å². The van der Waals surface area contributed by atoms with Gasteiger partial charge < -0.3 is 5.32 Å². The zero-order valence-electron chi connectivity index (χ0n) is 9.79. The van der Waals surface area contributed by atoms with Crippen molar-refractivity contribution in [3.8, 4) is 0 Å². The van der Waals surface area contributed by atoms with Crippen LogP contribution in [0, 0.1) is 0 Å². The predicted octanol–water partition coefficient (Wildman–Crippen LogP) is 2.95. The van der Waals surface area contributed by atoms with Crippen LogP contribution in [0.1, 0.15) is 25.8 Å². The fourth-order valence-electron chi connectivity index (χ4n) is 1.69. The van der Waals surface area contributed by atoms with Crippen LogP contribution in [0.4, 0.5) is 0 Å². The summed E-state index contributed by atoms with van der Waals surface area (Å²) in [6.07, 6.45) is 1.10. The van der Waals surface area contributed by atoms with Crippen LogP contribution < -0.4 is 5.32 Å². The summed E-state index contributed by atoms with van der Waals surface area (Å²) in [5.41, 5.74) is 1.07. The zero-order chi connectivity index (χ0) is 12.0. The smallest absolute Gasteiger partial charge is 0.138 e. The van der Waals surface area contributed by atoms with E-state index in [0.29, 0.717) is 12.8 Å². The van der Waals surface area contributed by atoms with E-state index in [1.807, 2.05) is 31.2 Å². The summed E-state index contributed by atoms with van der Waals surface area (Å²) in [6.45, 7) is 5.00. The van der Waals surface area contributed by atoms with Crippen LogP contribution in [-0.4, -0.2) is 18.4 Å². The van der Waals surface area contributed by atoms with Crippen molar-refractivity contribution in [3.63, 3.8) is 0 Å². The van der Waals surface area contributed by atoms with Gasteiger partial charge in [0.05, 0.1) is 0 Å². The minimum atomic E-state index is 0.264. The molecule has 1 rings (SSSR count). The molecule has 0 aliphatic heterocycles. The first kappa shape index (κ1) is 13.4. The van der Waals surface area contributed by atoms with Crippen molar-refractivity contribution in [1.29, 1.82) is 0 Å². The molecule has 1 aromatic rings. The third kappa shape index (κ3) is 4.45. The first-order valence-corrected chi connectivity index (χ1v) is 6.41. The zero-order valence-corrected chi connectivity index (χ0v) is 11.4. The number of nitrogens with one attached hydrogen (secondary N) is 1. The molecule has 0 bridgehead atoms. The molecule has 0 heterocycles. The van der Waals surface area contributed by atoms with Crippen LogP contribution in [0.15, 0.2) is 28.7 Å². The van der Waals surface area contributed by atoms with E-state index in [0.717, 1.165) is 16.6 Å². The average Bonchev–Trinajstić information content (AvgIpc) is 2.21. The molecule has 0 fully saturated rings. The van der Waals surface area contributed by atoms with Crippen molar-refractivity contribution in [1.82, 2.24) is 5.32 Å². The second-order valence-electron chi connectivity index (χ2n) is 3.97. The molecular formula is C13H18BrNO. The molecule has 0 saturated carbocycles. The van der Waals surface area contributed by atoms with Crippen LogP contribution in [-0.2, 0) is 11.2 Å². The minimum absolute atomic E-state index is 0.264. The Hall–Kier alpha value is -0.670. The highest BCUT2D eigenvalue weighted by Gasteiger charge is 2.10.